The Morgan fingerprint density at radius 3 is 2.00 bits per heavy atom. The molecule has 2 atom stereocenters. The zero-order valence-electron chi connectivity index (χ0n) is 15.7. The molecule has 25 heavy (non-hydrogen) atoms. The van der Waals surface area contributed by atoms with Crippen LogP contribution in [0.1, 0.15) is 71.1 Å². The van der Waals surface area contributed by atoms with E-state index in [1.807, 2.05) is 0 Å². The Morgan fingerprint density at radius 1 is 0.880 bits per heavy atom. The molecule has 8 heteroatoms. The number of aliphatic hydroxyl groups is 1. The SMILES string of the molecule is CCCCCCCCCCCCOC[C@@H](O)COP(=O)(O)OCCN. The normalized spacial score (nSPS) is 15.2. The molecule has 0 saturated carbocycles. The summed E-state index contributed by atoms with van der Waals surface area (Å²) in [6, 6.07) is 0. The number of rotatable bonds is 19. The fourth-order valence-corrected chi connectivity index (χ4v) is 3.12. The third-order valence-corrected chi connectivity index (χ3v) is 4.74. The zero-order valence-corrected chi connectivity index (χ0v) is 16.6. The van der Waals surface area contributed by atoms with Gasteiger partial charge in [0.2, 0.25) is 0 Å². The van der Waals surface area contributed by atoms with E-state index in [9.17, 15) is 14.6 Å². The van der Waals surface area contributed by atoms with Gasteiger partial charge in [-0.3, -0.25) is 9.05 Å². The maximum atomic E-state index is 11.4. The number of phosphoric acid groups is 1. The topological polar surface area (TPSA) is 111 Å². The number of ether oxygens (including phenoxy) is 1. The van der Waals surface area contributed by atoms with Gasteiger partial charge in [-0.25, -0.2) is 4.57 Å². The lowest BCUT2D eigenvalue weighted by Gasteiger charge is -2.15. The molecule has 152 valence electrons. The lowest BCUT2D eigenvalue weighted by atomic mass is 10.1. The highest BCUT2D eigenvalue weighted by Gasteiger charge is 2.22. The molecular weight excluding hydrogens is 345 g/mol. The molecule has 0 aromatic carbocycles. The summed E-state index contributed by atoms with van der Waals surface area (Å²) in [6.07, 6.45) is 11.6. The molecule has 0 amide bonds. The molecule has 0 aliphatic carbocycles. The quantitative estimate of drug-likeness (QED) is 0.232. The van der Waals surface area contributed by atoms with Crippen LogP contribution in [0.15, 0.2) is 0 Å². The summed E-state index contributed by atoms with van der Waals surface area (Å²) in [7, 11) is -4.13. The van der Waals surface area contributed by atoms with E-state index in [0.717, 1.165) is 12.8 Å². The first kappa shape index (κ1) is 25.0. The second kappa shape index (κ2) is 17.4. The minimum absolute atomic E-state index is 0.0703. The van der Waals surface area contributed by atoms with Crippen LogP contribution in [-0.4, -0.2) is 49.1 Å². The Balaban J connectivity index is 3.35. The van der Waals surface area contributed by atoms with E-state index >= 15 is 0 Å². The second-order valence-electron chi connectivity index (χ2n) is 6.30. The van der Waals surface area contributed by atoms with Crippen molar-refractivity contribution in [1.82, 2.24) is 0 Å². The number of hydrogen-bond donors (Lipinski definition) is 3. The van der Waals surface area contributed by atoms with Crippen LogP contribution in [0.4, 0.5) is 0 Å². The van der Waals surface area contributed by atoms with E-state index in [0.29, 0.717) is 6.61 Å². The highest BCUT2D eigenvalue weighted by molar-refractivity contribution is 7.47. The fourth-order valence-electron chi connectivity index (χ4n) is 2.34. The predicted molar refractivity (Wildman–Crippen MR) is 99.5 cm³/mol. The van der Waals surface area contributed by atoms with Gasteiger partial charge in [0.1, 0.15) is 6.10 Å². The summed E-state index contributed by atoms with van der Waals surface area (Å²) in [6.45, 7) is 2.63. The summed E-state index contributed by atoms with van der Waals surface area (Å²) in [5.74, 6) is 0. The van der Waals surface area contributed by atoms with E-state index < -0.39 is 13.9 Å². The van der Waals surface area contributed by atoms with E-state index in [1.165, 1.54) is 51.4 Å². The van der Waals surface area contributed by atoms with Crippen LogP contribution in [0.3, 0.4) is 0 Å². The molecule has 0 rings (SSSR count). The molecule has 0 aromatic rings. The highest BCUT2D eigenvalue weighted by atomic mass is 31.2. The number of nitrogens with two attached hydrogens (primary N) is 1. The number of unbranched alkanes of at least 4 members (excludes halogenated alkanes) is 9. The van der Waals surface area contributed by atoms with Crippen LogP contribution in [0.5, 0.6) is 0 Å². The van der Waals surface area contributed by atoms with Gasteiger partial charge in [0.15, 0.2) is 0 Å². The molecule has 7 nitrogen and oxygen atoms in total. The van der Waals surface area contributed by atoms with Crippen molar-refractivity contribution in [3.63, 3.8) is 0 Å². The Labute approximate surface area is 152 Å². The van der Waals surface area contributed by atoms with Crippen LogP contribution in [-0.2, 0) is 18.3 Å². The Morgan fingerprint density at radius 2 is 1.44 bits per heavy atom. The van der Waals surface area contributed by atoms with Crippen LogP contribution >= 0.6 is 7.82 Å². The van der Waals surface area contributed by atoms with Crippen molar-refractivity contribution in [2.75, 3.05) is 33.0 Å². The van der Waals surface area contributed by atoms with Crippen LogP contribution in [0, 0.1) is 0 Å². The average molecular weight is 383 g/mol. The Bertz CT molecular complexity index is 332. The monoisotopic (exact) mass is 383 g/mol. The molecule has 0 bridgehead atoms. The summed E-state index contributed by atoms with van der Waals surface area (Å²) in [4.78, 5) is 9.27. The van der Waals surface area contributed by atoms with E-state index in [-0.39, 0.29) is 26.4 Å². The first-order valence-corrected chi connectivity index (χ1v) is 11.1. The second-order valence-corrected chi connectivity index (χ2v) is 7.75. The molecule has 0 fully saturated rings. The first-order chi connectivity index (χ1) is 12.0. The maximum Gasteiger partial charge on any atom is 0.472 e. The van der Waals surface area contributed by atoms with Crippen molar-refractivity contribution in [3.8, 4) is 0 Å². The summed E-state index contributed by atoms with van der Waals surface area (Å²) >= 11 is 0. The van der Waals surface area contributed by atoms with Crippen molar-refractivity contribution < 1.29 is 28.3 Å². The summed E-state index contributed by atoms with van der Waals surface area (Å²) < 4.78 is 25.9. The molecular formula is C17H38NO6P. The molecule has 1 unspecified atom stereocenters. The molecule has 0 spiro atoms. The maximum absolute atomic E-state index is 11.4. The van der Waals surface area contributed by atoms with Gasteiger partial charge in [-0.2, -0.15) is 0 Å². The van der Waals surface area contributed by atoms with Gasteiger partial charge in [-0.15, -0.1) is 0 Å². The van der Waals surface area contributed by atoms with Gasteiger partial charge in [-0.05, 0) is 6.42 Å². The predicted octanol–water partition coefficient (Wildman–Crippen LogP) is 3.38. The van der Waals surface area contributed by atoms with Crippen LogP contribution in [0.2, 0.25) is 0 Å². The summed E-state index contributed by atoms with van der Waals surface area (Å²) in [5.41, 5.74) is 5.17. The lowest BCUT2D eigenvalue weighted by molar-refractivity contribution is 0.00230. The third kappa shape index (κ3) is 18.6. The summed E-state index contributed by atoms with van der Waals surface area (Å²) in [5, 5.41) is 9.64. The minimum Gasteiger partial charge on any atom is -0.388 e. The van der Waals surface area contributed by atoms with Crippen molar-refractivity contribution >= 4 is 7.82 Å². The minimum atomic E-state index is -4.13. The molecule has 4 N–H and O–H groups in total. The molecule has 0 radical (unpaired) electrons. The van der Waals surface area contributed by atoms with E-state index in [1.54, 1.807) is 0 Å². The van der Waals surface area contributed by atoms with Crippen molar-refractivity contribution in [1.29, 1.82) is 0 Å². The molecule has 0 aliphatic heterocycles. The largest absolute Gasteiger partial charge is 0.472 e. The Hall–Kier alpha value is -0.0100. The molecule has 0 saturated heterocycles. The number of aliphatic hydroxyl groups excluding tert-OH is 1. The van der Waals surface area contributed by atoms with Gasteiger partial charge >= 0.3 is 7.82 Å². The van der Waals surface area contributed by atoms with Gasteiger partial charge < -0.3 is 20.5 Å². The van der Waals surface area contributed by atoms with Gasteiger partial charge in [-0.1, -0.05) is 64.7 Å². The lowest BCUT2D eigenvalue weighted by Crippen LogP contribution is -2.22. The van der Waals surface area contributed by atoms with Gasteiger partial charge in [0, 0.05) is 13.2 Å². The first-order valence-electron chi connectivity index (χ1n) is 9.59. The third-order valence-electron chi connectivity index (χ3n) is 3.75. The van der Waals surface area contributed by atoms with E-state index in [2.05, 4.69) is 16.0 Å². The van der Waals surface area contributed by atoms with Crippen LogP contribution in [0.25, 0.3) is 0 Å². The Kier molecular flexibility index (Phi) is 17.4. The van der Waals surface area contributed by atoms with Crippen molar-refractivity contribution in [3.05, 3.63) is 0 Å². The highest BCUT2D eigenvalue weighted by Crippen LogP contribution is 2.42. The molecule has 0 aromatic heterocycles. The van der Waals surface area contributed by atoms with Gasteiger partial charge in [0.25, 0.3) is 0 Å². The standard InChI is InChI=1S/C17H38NO6P/c1-2-3-4-5-6-7-8-9-10-11-13-22-15-17(19)16-24-25(20,21)23-14-12-18/h17,19H,2-16,18H2,1H3,(H,20,21)/t17-/m1/s1. The number of hydrogen-bond acceptors (Lipinski definition) is 6. The fraction of sp³-hybridized carbons (Fsp3) is 1.00. The molecule has 0 heterocycles. The van der Waals surface area contributed by atoms with Crippen molar-refractivity contribution in [2.24, 2.45) is 5.73 Å². The van der Waals surface area contributed by atoms with E-state index in [4.69, 9.17) is 10.5 Å². The smallest absolute Gasteiger partial charge is 0.388 e. The van der Waals surface area contributed by atoms with Crippen molar-refractivity contribution in [2.45, 2.75) is 77.2 Å². The van der Waals surface area contributed by atoms with Gasteiger partial charge in [0.05, 0.1) is 19.8 Å². The zero-order chi connectivity index (χ0) is 18.8. The number of phosphoric ester groups is 1. The molecule has 0 aliphatic rings. The average Bonchev–Trinajstić information content (AvgIpc) is 2.59. The van der Waals surface area contributed by atoms with Crippen LogP contribution < -0.4 is 5.73 Å².